The maximum atomic E-state index is 13.6. The number of aryl methyl sites for hydroxylation is 2. The molecule has 128 heavy (non-hydrogen) atoms. The topological polar surface area (TPSA) is 111 Å². The lowest BCUT2D eigenvalue weighted by Gasteiger charge is -2.15. The summed E-state index contributed by atoms with van der Waals surface area (Å²) in [5, 5.41) is 1.30. The van der Waals surface area contributed by atoms with Gasteiger partial charge < -0.3 is 42.6 Å². The number of allylic oxidation sites excluding steroid dienone is 10. The molecule has 1 unspecified atom stereocenters. The van der Waals surface area contributed by atoms with E-state index < -0.39 is 6.04 Å². The van der Waals surface area contributed by atoms with Crippen LogP contribution in [0, 0.1) is 66.0 Å². The van der Waals surface area contributed by atoms with Crippen LogP contribution in [0.25, 0.3) is 77.4 Å². The number of rotatable bonds is 22. The number of ether oxygens (including phenoxy) is 7. The van der Waals surface area contributed by atoms with Gasteiger partial charge in [-0.15, -0.1) is 0 Å². The summed E-state index contributed by atoms with van der Waals surface area (Å²) in [7, 11) is 6.10. The van der Waals surface area contributed by atoms with Crippen molar-refractivity contribution in [1.82, 2.24) is 24.4 Å². The average Bonchev–Trinajstić information content (AvgIpc) is 1.66. The quantitative estimate of drug-likeness (QED) is 0.0647. The van der Waals surface area contributed by atoms with E-state index in [0.29, 0.717) is 94.9 Å². The van der Waals surface area contributed by atoms with Gasteiger partial charge in [-0.2, -0.15) is 4.39 Å². The lowest BCUT2D eigenvalue weighted by molar-refractivity contribution is -0.173. The molecule has 1 saturated carbocycles. The zero-order valence-electron chi connectivity index (χ0n) is 80.2. The second kappa shape index (κ2) is 53.4. The van der Waals surface area contributed by atoms with Crippen molar-refractivity contribution in [1.29, 1.82) is 0 Å². The van der Waals surface area contributed by atoms with E-state index in [-0.39, 0.29) is 12.6 Å². The van der Waals surface area contributed by atoms with Crippen LogP contribution in [-0.2, 0) is 13.5 Å². The fraction of sp³-hybridized carbons (Fsp3) is 0.342. The Kier molecular flexibility index (Phi) is 42.9. The summed E-state index contributed by atoms with van der Waals surface area (Å²) in [5.74, 6) is 9.38. The molecule has 15 rings (SSSR count). The van der Waals surface area contributed by atoms with E-state index >= 15 is 0 Å². The molecule has 12 nitrogen and oxygen atoms in total. The minimum atomic E-state index is -2.04. The second-order valence-corrected chi connectivity index (χ2v) is 35.6. The fourth-order valence-electron chi connectivity index (χ4n) is 11.8. The van der Waals surface area contributed by atoms with Gasteiger partial charge in [0.2, 0.25) is 13.6 Å². The van der Waals surface area contributed by atoms with Crippen molar-refractivity contribution in [3.8, 4) is 40.4 Å². The summed E-state index contributed by atoms with van der Waals surface area (Å²) >= 11 is 0. The molecule has 0 N–H and O–H groups in total. The van der Waals surface area contributed by atoms with E-state index in [9.17, 15) is 8.78 Å². The molecule has 10 aromatic rings. The highest BCUT2D eigenvalue weighted by molar-refractivity contribution is 5.82. The molecule has 6 aromatic carbocycles. The number of alkyl halides is 1. The monoisotopic (exact) mass is 1730 g/mol. The highest BCUT2D eigenvalue weighted by Crippen LogP contribution is 2.41. The lowest BCUT2D eigenvalue weighted by atomic mass is 10.0. The number of hydrogen-bond acceptors (Lipinski definition) is 11. The summed E-state index contributed by atoms with van der Waals surface area (Å²) in [6, 6.07) is 50.2. The van der Waals surface area contributed by atoms with Gasteiger partial charge in [-0.1, -0.05) is 319 Å². The van der Waals surface area contributed by atoms with Crippen molar-refractivity contribution in [2.45, 2.75) is 170 Å². The molecule has 0 saturated heterocycles. The van der Waals surface area contributed by atoms with Crippen LogP contribution in [0.3, 0.4) is 0 Å². The maximum absolute atomic E-state index is 13.6. The van der Waals surface area contributed by atoms with Gasteiger partial charge in [0.1, 0.15) is 11.6 Å². The second-order valence-electron chi connectivity index (χ2n) is 35.6. The molecule has 5 aliphatic rings. The van der Waals surface area contributed by atoms with Gasteiger partial charge in [0.05, 0.1) is 17.5 Å². The normalized spacial score (nSPS) is 14.4. The highest BCUT2D eigenvalue weighted by Gasteiger charge is 2.36. The zero-order chi connectivity index (χ0) is 93.2. The Balaban J connectivity index is 0.000000198. The van der Waals surface area contributed by atoms with E-state index in [2.05, 4.69) is 328 Å². The van der Waals surface area contributed by atoms with E-state index in [4.69, 9.17) is 33.2 Å². The first-order valence-electron chi connectivity index (χ1n) is 45.1. The van der Waals surface area contributed by atoms with Gasteiger partial charge in [-0.3, -0.25) is 9.97 Å². The summed E-state index contributed by atoms with van der Waals surface area (Å²) in [6.45, 7) is 46.6. The molecule has 2 aliphatic carbocycles. The molecule has 0 spiro atoms. The largest absolute Gasteiger partial charge is 0.490 e. The third-order valence-corrected chi connectivity index (χ3v) is 19.1. The molecule has 1 fully saturated rings. The van der Waals surface area contributed by atoms with Crippen LogP contribution in [0.5, 0.6) is 40.4 Å². The standard InChI is InChI=1S/C15H21N.C14H17FO.C14H17N.C14H16.C13H15FO2.C12H14O2.C11H13NO2.C11H15N.C10H13N/c1-12(2)6-7-14-8-10-15(11-9-14)13(3)16(4)5;1-10(2)3-4-11-5-6-13(9-14(11)15)16-12-7-8-12;1-11(2)4-5-12-6-7-13-8-9-15(3)14(13)10-12;1-11(2)6-7-12-8-9-13-4-3-5-14(13)10-12;1-9(2)4-5-10-6-7-11-12(8-10)16-13(3,14)15-11;1-9(2)3-4-10-5-6-11-12(7-10)14-8-13-11;1-8(2)3-4-9-5-10-11(12-6-9)14-7-13-10;1-9(2)4-6-11-7-5-10(3)8-12-11;1-9(2)6-7-10-5-3-4-8-11-10/h6-12H,3H2,1-2,4-5H3;3-6,9-10,12H,7-8H2,1-2H3;4-11H,1-3H3;3-4,6-11H,5H2,1-2H3;4-9H,1-3H3;3-7,9H,8H2,1-2H3;3-6,8H,7H2,1-2H3;4-9H,1-3H3;3-9H,1-2H3/b7-6+;4-3+;5-4+;7-6+;5-4+;2*4-3+;6-4+;7-6+. The van der Waals surface area contributed by atoms with Crippen molar-refractivity contribution in [2.24, 2.45) is 60.3 Å². The van der Waals surface area contributed by atoms with E-state index in [1.165, 1.54) is 62.8 Å². The molecule has 0 radical (unpaired) electrons. The first kappa shape index (κ1) is 103. The zero-order valence-corrected chi connectivity index (χ0v) is 80.2. The van der Waals surface area contributed by atoms with Crippen LogP contribution < -0.4 is 33.2 Å². The Morgan fingerprint density at radius 1 is 0.469 bits per heavy atom. The molecule has 0 amide bonds. The molecule has 678 valence electrons. The minimum Gasteiger partial charge on any atom is -0.490 e. The number of hydrogen-bond donors (Lipinski definition) is 0. The Labute approximate surface area is 765 Å². The van der Waals surface area contributed by atoms with Crippen molar-refractivity contribution in [3.05, 3.63) is 328 Å². The molecular weight excluding hydrogens is 1590 g/mol. The Bertz CT molecular complexity index is 5250. The molecule has 3 aliphatic heterocycles. The van der Waals surface area contributed by atoms with E-state index in [0.717, 1.165) is 70.3 Å². The number of benzene rings is 6. The van der Waals surface area contributed by atoms with Crippen LogP contribution in [0.2, 0.25) is 0 Å². The first-order chi connectivity index (χ1) is 61.0. The molecular formula is C114H141F2N5O7. The maximum Gasteiger partial charge on any atom is 0.404 e. The van der Waals surface area contributed by atoms with Crippen LogP contribution in [0.1, 0.15) is 217 Å². The molecule has 0 bridgehead atoms. The van der Waals surface area contributed by atoms with E-state index in [1.807, 2.05) is 123 Å². The number of pyridine rings is 3. The molecule has 7 heterocycles. The lowest BCUT2D eigenvalue weighted by Crippen LogP contribution is -2.27. The predicted molar refractivity (Wildman–Crippen MR) is 540 cm³/mol. The Morgan fingerprint density at radius 2 is 0.953 bits per heavy atom. The number of aromatic nitrogens is 4. The van der Waals surface area contributed by atoms with Crippen LogP contribution in [0.15, 0.2) is 250 Å². The smallest absolute Gasteiger partial charge is 0.404 e. The van der Waals surface area contributed by atoms with Gasteiger partial charge in [0.15, 0.2) is 28.7 Å². The van der Waals surface area contributed by atoms with Crippen LogP contribution in [0.4, 0.5) is 8.78 Å². The Morgan fingerprint density at radius 3 is 1.51 bits per heavy atom. The highest BCUT2D eigenvalue weighted by atomic mass is 19.2. The first-order valence-corrected chi connectivity index (χ1v) is 45.1. The summed E-state index contributed by atoms with van der Waals surface area (Å²) in [4.78, 5) is 14.6. The van der Waals surface area contributed by atoms with Crippen molar-refractivity contribution in [3.63, 3.8) is 0 Å². The average molecular weight is 1730 g/mol. The number of nitrogens with zero attached hydrogens (tertiary/aromatic N) is 5. The van der Waals surface area contributed by atoms with Crippen molar-refractivity contribution < 1.29 is 41.9 Å². The summed E-state index contributed by atoms with van der Waals surface area (Å²) in [5.41, 5.74) is 17.3. The minimum absolute atomic E-state index is 0.213. The van der Waals surface area contributed by atoms with Gasteiger partial charge in [0, 0.05) is 75.7 Å². The van der Waals surface area contributed by atoms with Gasteiger partial charge >= 0.3 is 6.04 Å². The summed E-state index contributed by atoms with van der Waals surface area (Å²) < 4.78 is 65.6. The van der Waals surface area contributed by atoms with Crippen molar-refractivity contribution in [2.75, 3.05) is 27.7 Å². The SMILES string of the molecule is C=C(c1ccc(/C=C/C(C)C)cc1)N(C)C.CC(C)/C=C/c1ccc(OC2CC2)cc1F.CC(C)/C=C/c1ccc2c(c1)CC=C2.CC(C)/C=C/c1ccc2c(c1)OC(C)(F)O2.CC(C)/C=C/c1ccc2c(c1)OCO2.CC(C)/C=C/c1ccc2ccn(C)c2c1.CC(C)/C=C/c1ccccn1.CC(C)/C=C/c1cnc2c(c1)OCO2.Cc1ccc(/C=C/C(C)C)nc1. The van der Waals surface area contributed by atoms with E-state index in [1.54, 1.807) is 30.6 Å². The fourth-order valence-corrected chi connectivity index (χ4v) is 11.8. The van der Waals surface area contributed by atoms with Crippen LogP contribution >= 0.6 is 0 Å². The third kappa shape index (κ3) is 39.7. The van der Waals surface area contributed by atoms with Gasteiger partial charge in [-0.05, 0) is 225 Å². The van der Waals surface area contributed by atoms with Crippen LogP contribution in [-0.4, -0.2) is 64.2 Å². The third-order valence-electron chi connectivity index (χ3n) is 19.1. The van der Waals surface area contributed by atoms with Crippen molar-refractivity contribution >= 4 is 77.4 Å². The number of fused-ring (bicyclic) bond motifs is 5. The number of halogens is 2. The Hall–Kier alpha value is -12.3. The molecule has 4 aromatic heterocycles. The molecule has 1 atom stereocenters. The molecule has 14 heteroatoms. The predicted octanol–water partition coefficient (Wildman–Crippen LogP) is 30.8. The van der Waals surface area contributed by atoms with Gasteiger partial charge in [0.25, 0.3) is 5.88 Å². The van der Waals surface area contributed by atoms with Gasteiger partial charge in [-0.25, -0.2) is 9.37 Å². The summed E-state index contributed by atoms with van der Waals surface area (Å²) in [6.07, 6.45) is 53.5.